The lowest BCUT2D eigenvalue weighted by molar-refractivity contribution is -0.159. The average molecular weight is 287 g/mol. The molecule has 0 aromatic rings. The molecule has 0 spiro atoms. The molecule has 0 aromatic heterocycles. The molecule has 1 atom stereocenters. The molecule has 0 rings (SSSR count). The summed E-state index contributed by atoms with van der Waals surface area (Å²) in [5.74, 6) is -3.18. The van der Waals surface area contributed by atoms with Crippen LogP contribution in [-0.2, 0) is 14.4 Å². The van der Waals surface area contributed by atoms with Gasteiger partial charge in [-0.2, -0.15) is 0 Å². The first-order valence-corrected chi connectivity index (χ1v) is 7.08. The summed E-state index contributed by atoms with van der Waals surface area (Å²) in [5, 5.41) is 20.9. The number of nitrogens with one attached hydrogen (secondary N) is 1. The molecule has 6 heteroatoms. The van der Waals surface area contributed by atoms with E-state index in [-0.39, 0.29) is 0 Å². The van der Waals surface area contributed by atoms with Crippen LogP contribution in [-0.4, -0.2) is 40.0 Å². The van der Waals surface area contributed by atoms with Crippen molar-refractivity contribution < 1.29 is 24.6 Å². The van der Waals surface area contributed by atoms with E-state index in [0.29, 0.717) is 6.54 Å². The van der Waals surface area contributed by atoms with Crippen LogP contribution >= 0.6 is 0 Å². The second-order valence-corrected chi connectivity index (χ2v) is 5.01. The molecule has 20 heavy (non-hydrogen) atoms. The molecule has 3 N–H and O–H groups in total. The van der Waals surface area contributed by atoms with Crippen LogP contribution in [0.5, 0.6) is 0 Å². The Kier molecular flexibility index (Phi) is 8.79. The highest BCUT2D eigenvalue weighted by Gasteiger charge is 2.43. The molecule has 0 saturated carbocycles. The number of rotatable bonds is 11. The Hall–Kier alpha value is -1.43. The molecule has 0 radical (unpaired) electrons. The number of hydrogen-bond donors (Lipinski definition) is 3. The first kappa shape index (κ1) is 18.6. The van der Waals surface area contributed by atoms with Crippen molar-refractivity contribution in [2.75, 3.05) is 6.54 Å². The van der Waals surface area contributed by atoms with Crippen LogP contribution in [0.2, 0.25) is 0 Å². The highest BCUT2D eigenvalue weighted by atomic mass is 16.4. The fraction of sp³-hybridized carbons (Fsp3) is 0.786. The van der Waals surface area contributed by atoms with Crippen molar-refractivity contribution in [2.24, 2.45) is 0 Å². The van der Waals surface area contributed by atoms with Crippen molar-refractivity contribution >= 4 is 17.7 Å². The van der Waals surface area contributed by atoms with E-state index in [0.717, 1.165) is 39.0 Å². The first-order chi connectivity index (χ1) is 9.34. The number of aliphatic hydroxyl groups is 1. The van der Waals surface area contributed by atoms with Crippen LogP contribution in [0.15, 0.2) is 0 Å². The van der Waals surface area contributed by atoms with Crippen molar-refractivity contribution in [1.82, 2.24) is 5.32 Å². The third-order valence-electron chi connectivity index (χ3n) is 3.18. The zero-order chi connectivity index (χ0) is 15.6. The number of aliphatic carboxylic acids is 1. The number of hydrogen-bond acceptors (Lipinski definition) is 4. The summed E-state index contributed by atoms with van der Waals surface area (Å²) in [6.07, 6.45) is 5.38. The molecule has 0 aromatic carbocycles. The summed E-state index contributed by atoms with van der Waals surface area (Å²) < 4.78 is 0. The maximum absolute atomic E-state index is 11.7. The Morgan fingerprint density at radius 2 is 1.60 bits per heavy atom. The Morgan fingerprint density at radius 1 is 1.05 bits per heavy atom. The lowest BCUT2D eigenvalue weighted by Gasteiger charge is -2.22. The van der Waals surface area contributed by atoms with Gasteiger partial charge in [0, 0.05) is 6.54 Å². The van der Waals surface area contributed by atoms with Gasteiger partial charge in [-0.25, -0.2) is 0 Å². The van der Waals surface area contributed by atoms with Gasteiger partial charge in [0.2, 0.25) is 5.60 Å². The molecular weight excluding hydrogens is 262 g/mol. The number of unbranched alkanes of at least 4 members (excludes halogenated alkanes) is 5. The standard InChI is InChI=1S/C14H25NO5/c1-3-4-5-6-7-8-9-15-13(19)14(20,11(2)16)10-12(17)18/h20H,3-10H2,1-2H3,(H,15,19)(H,17,18). The van der Waals surface area contributed by atoms with Crippen LogP contribution in [0, 0.1) is 0 Å². The number of ketones is 1. The van der Waals surface area contributed by atoms with E-state index in [2.05, 4.69) is 12.2 Å². The molecule has 0 heterocycles. The number of Topliss-reactive ketones (excluding diaryl/α,β-unsaturated/α-hetero) is 1. The maximum Gasteiger partial charge on any atom is 0.307 e. The van der Waals surface area contributed by atoms with Crippen molar-refractivity contribution in [2.45, 2.75) is 64.4 Å². The van der Waals surface area contributed by atoms with Gasteiger partial charge >= 0.3 is 5.97 Å². The van der Waals surface area contributed by atoms with Gasteiger partial charge in [0.05, 0.1) is 6.42 Å². The van der Waals surface area contributed by atoms with Crippen LogP contribution in [0.3, 0.4) is 0 Å². The zero-order valence-electron chi connectivity index (χ0n) is 12.3. The summed E-state index contributed by atoms with van der Waals surface area (Å²) in [5.41, 5.74) is -2.46. The molecule has 0 fully saturated rings. The molecule has 0 aliphatic heterocycles. The Labute approximate surface area is 119 Å². The fourth-order valence-corrected chi connectivity index (χ4v) is 1.84. The smallest absolute Gasteiger partial charge is 0.307 e. The van der Waals surface area contributed by atoms with Crippen LogP contribution in [0.1, 0.15) is 58.8 Å². The lowest BCUT2D eigenvalue weighted by atomic mass is 9.94. The van der Waals surface area contributed by atoms with E-state index in [1.165, 1.54) is 6.42 Å². The zero-order valence-corrected chi connectivity index (χ0v) is 12.3. The number of carboxylic acids is 1. The summed E-state index contributed by atoms with van der Waals surface area (Å²) in [6.45, 7) is 3.47. The Bertz CT molecular complexity index is 342. The van der Waals surface area contributed by atoms with Gasteiger partial charge < -0.3 is 15.5 Å². The van der Waals surface area contributed by atoms with Crippen molar-refractivity contribution in [1.29, 1.82) is 0 Å². The number of carbonyl (C=O) groups excluding carboxylic acids is 2. The van der Waals surface area contributed by atoms with Crippen LogP contribution in [0.4, 0.5) is 0 Å². The quantitative estimate of drug-likeness (QED) is 0.392. The van der Waals surface area contributed by atoms with Gasteiger partial charge in [-0.1, -0.05) is 39.0 Å². The molecule has 0 aliphatic rings. The van der Waals surface area contributed by atoms with Crippen molar-refractivity contribution in [3.63, 3.8) is 0 Å². The molecule has 1 amide bonds. The highest BCUT2D eigenvalue weighted by molar-refractivity contribution is 6.10. The van der Waals surface area contributed by atoms with Gasteiger partial charge in [0.1, 0.15) is 0 Å². The minimum absolute atomic E-state index is 0.333. The molecular formula is C14H25NO5. The lowest BCUT2D eigenvalue weighted by Crippen LogP contribution is -2.53. The monoisotopic (exact) mass is 287 g/mol. The minimum Gasteiger partial charge on any atom is -0.481 e. The number of amides is 1. The summed E-state index contributed by atoms with van der Waals surface area (Å²) in [4.78, 5) is 33.6. The van der Waals surface area contributed by atoms with E-state index in [9.17, 15) is 19.5 Å². The predicted octanol–water partition coefficient (Wildman–Crippen LogP) is 1.26. The van der Waals surface area contributed by atoms with Gasteiger partial charge in [0.15, 0.2) is 5.78 Å². The van der Waals surface area contributed by atoms with Crippen LogP contribution < -0.4 is 5.32 Å². The molecule has 116 valence electrons. The third-order valence-corrected chi connectivity index (χ3v) is 3.18. The fourth-order valence-electron chi connectivity index (χ4n) is 1.84. The number of carboxylic acid groups (broad SMARTS) is 1. The van der Waals surface area contributed by atoms with Gasteiger partial charge in [-0.3, -0.25) is 14.4 Å². The van der Waals surface area contributed by atoms with Gasteiger partial charge in [-0.05, 0) is 13.3 Å². The second kappa shape index (κ2) is 9.47. The van der Waals surface area contributed by atoms with Crippen molar-refractivity contribution in [3.8, 4) is 0 Å². The van der Waals surface area contributed by atoms with E-state index >= 15 is 0 Å². The normalized spacial score (nSPS) is 13.6. The minimum atomic E-state index is -2.46. The number of carbonyl (C=O) groups is 3. The first-order valence-electron chi connectivity index (χ1n) is 7.08. The summed E-state index contributed by atoms with van der Waals surface area (Å²) in [6, 6.07) is 0. The molecule has 6 nitrogen and oxygen atoms in total. The second-order valence-electron chi connectivity index (χ2n) is 5.01. The van der Waals surface area contributed by atoms with Gasteiger partial charge in [-0.15, -0.1) is 0 Å². The molecule has 0 aliphatic carbocycles. The topological polar surface area (TPSA) is 104 Å². The SMILES string of the molecule is CCCCCCCCNC(=O)C(O)(CC(=O)O)C(C)=O. The third kappa shape index (κ3) is 6.65. The van der Waals surface area contributed by atoms with E-state index < -0.39 is 29.7 Å². The molecule has 0 bridgehead atoms. The van der Waals surface area contributed by atoms with E-state index in [1.54, 1.807) is 0 Å². The highest BCUT2D eigenvalue weighted by Crippen LogP contribution is 2.12. The van der Waals surface area contributed by atoms with E-state index in [4.69, 9.17) is 5.11 Å². The van der Waals surface area contributed by atoms with Gasteiger partial charge in [0.25, 0.3) is 5.91 Å². The maximum atomic E-state index is 11.7. The molecule has 1 unspecified atom stereocenters. The molecule has 0 saturated heterocycles. The Balaban J connectivity index is 4.09. The summed E-state index contributed by atoms with van der Waals surface area (Å²) >= 11 is 0. The largest absolute Gasteiger partial charge is 0.481 e. The van der Waals surface area contributed by atoms with E-state index in [1.807, 2.05) is 0 Å². The van der Waals surface area contributed by atoms with Crippen molar-refractivity contribution in [3.05, 3.63) is 0 Å². The Morgan fingerprint density at radius 3 is 2.10 bits per heavy atom. The van der Waals surface area contributed by atoms with Crippen LogP contribution in [0.25, 0.3) is 0 Å². The average Bonchev–Trinajstić information content (AvgIpc) is 2.36. The predicted molar refractivity (Wildman–Crippen MR) is 74.3 cm³/mol. The summed E-state index contributed by atoms with van der Waals surface area (Å²) in [7, 11) is 0.